The van der Waals surface area contributed by atoms with Gasteiger partial charge in [0.25, 0.3) is 5.91 Å². The van der Waals surface area contributed by atoms with Gasteiger partial charge in [0.1, 0.15) is 12.2 Å². The first-order chi connectivity index (χ1) is 17.9. The Morgan fingerprint density at radius 3 is 2.70 bits per heavy atom. The predicted octanol–water partition coefficient (Wildman–Crippen LogP) is 1.20. The van der Waals surface area contributed by atoms with Crippen LogP contribution in [0.15, 0.2) is 55.0 Å². The van der Waals surface area contributed by atoms with Crippen LogP contribution in [0.25, 0.3) is 11.2 Å². The molecule has 1 aromatic carbocycles. The number of fused-ring (bicyclic) bond motifs is 1. The van der Waals surface area contributed by atoms with E-state index in [0.717, 1.165) is 14.8 Å². The minimum Gasteiger partial charge on any atom is -0.387 e. The lowest BCUT2D eigenvalue weighted by molar-refractivity contribution is -0.137. The summed E-state index contributed by atoms with van der Waals surface area (Å²) < 4.78 is 8.24. The number of hydrogen-bond acceptors (Lipinski definition) is 9. The SMILES string of the molecule is CNC(=O)[C@H]1O[C@@H](n2cnc3c(NCc4cc(I)ccn4)nc(C#Cc4ccccc4)nc32)[C@@H](O)C1O. The van der Waals surface area contributed by atoms with Gasteiger partial charge in [0.05, 0.1) is 18.6 Å². The Morgan fingerprint density at radius 1 is 1.14 bits per heavy atom. The molecular formula is C25H22IN7O4. The number of imidazole rings is 1. The van der Waals surface area contributed by atoms with E-state index in [1.165, 1.54) is 17.9 Å². The molecule has 1 aliphatic heterocycles. The van der Waals surface area contributed by atoms with Crippen molar-refractivity contribution in [1.82, 2.24) is 29.8 Å². The Labute approximate surface area is 225 Å². The lowest BCUT2D eigenvalue weighted by Crippen LogP contribution is -2.41. The molecule has 4 aromatic rings. The molecule has 4 atom stereocenters. The average Bonchev–Trinajstić information content (AvgIpc) is 3.47. The summed E-state index contributed by atoms with van der Waals surface area (Å²) in [4.78, 5) is 30.1. The summed E-state index contributed by atoms with van der Waals surface area (Å²) in [6.45, 7) is 0.376. The molecule has 1 unspecified atom stereocenters. The number of nitrogens with zero attached hydrogens (tertiary/aromatic N) is 5. The molecule has 1 amide bonds. The fourth-order valence-corrected chi connectivity index (χ4v) is 4.42. The number of ether oxygens (including phenoxy) is 1. The van der Waals surface area contributed by atoms with E-state index < -0.39 is 30.4 Å². The third-order valence-electron chi connectivity index (χ3n) is 5.75. The third-order valence-corrected chi connectivity index (χ3v) is 6.42. The van der Waals surface area contributed by atoms with Crippen molar-refractivity contribution in [2.75, 3.05) is 12.4 Å². The van der Waals surface area contributed by atoms with Crippen molar-refractivity contribution in [3.8, 4) is 11.8 Å². The zero-order valence-electron chi connectivity index (χ0n) is 19.5. The third kappa shape index (κ3) is 5.25. The number of carbonyl (C=O) groups is 1. The average molecular weight is 611 g/mol. The lowest BCUT2D eigenvalue weighted by Gasteiger charge is -2.16. The molecule has 0 aliphatic carbocycles. The number of hydrogen-bond donors (Lipinski definition) is 4. The summed E-state index contributed by atoms with van der Waals surface area (Å²) in [5.41, 5.74) is 2.33. The van der Waals surface area contributed by atoms with Crippen molar-refractivity contribution in [3.05, 3.63) is 75.6 Å². The minimum absolute atomic E-state index is 0.215. The van der Waals surface area contributed by atoms with Crippen LogP contribution in [-0.4, -0.2) is 66.0 Å². The number of likely N-dealkylation sites (N-methyl/N-ethyl adjacent to an activating group) is 1. The van der Waals surface area contributed by atoms with Crippen molar-refractivity contribution in [3.63, 3.8) is 0 Å². The molecule has 0 saturated carbocycles. The second kappa shape index (κ2) is 10.8. The van der Waals surface area contributed by atoms with E-state index in [9.17, 15) is 15.0 Å². The van der Waals surface area contributed by atoms with E-state index in [2.05, 4.69) is 65.0 Å². The Bertz CT molecular complexity index is 1500. The Hall–Kier alpha value is -3.64. The normalized spacial score (nSPS) is 20.9. The van der Waals surface area contributed by atoms with Gasteiger partial charge in [-0.05, 0) is 52.8 Å². The van der Waals surface area contributed by atoms with Gasteiger partial charge in [-0.3, -0.25) is 14.3 Å². The number of halogens is 1. The fourth-order valence-electron chi connectivity index (χ4n) is 3.90. The maximum Gasteiger partial charge on any atom is 0.251 e. The molecule has 0 bridgehead atoms. The molecule has 0 spiro atoms. The molecule has 4 heterocycles. The van der Waals surface area contributed by atoms with E-state index in [1.807, 2.05) is 42.5 Å². The highest BCUT2D eigenvalue weighted by atomic mass is 127. The minimum atomic E-state index is -1.43. The van der Waals surface area contributed by atoms with E-state index >= 15 is 0 Å². The van der Waals surface area contributed by atoms with Crippen molar-refractivity contribution >= 4 is 45.5 Å². The van der Waals surface area contributed by atoms with Crippen molar-refractivity contribution < 1.29 is 19.7 Å². The number of aliphatic hydroxyl groups excluding tert-OH is 2. The standard InChI is InChI=1S/C25H22IN7O4/c1-27-24(36)21-19(34)20(35)25(37-21)33-13-30-18-22(29-12-16-11-15(26)9-10-28-16)31-17(32-23(18)33)8-7-14-5-3-2-4-6-14/h2-6,9-11,13,19-21,25,34-35H,12H2,1H3,(H,27,36)(H,29,31,32)/t19?,20-,21-,25+/m0/s1. The number of amides is 1. The second-order valence-electron chi connectivity index (χ2n) is 8.20. The molecule has 5 rings (SSSR count). The molecule has 1 aliphatic rings. The number of benzene rings is 1. The zero-order chi connectivity index (χ0) is 25.9. The summed E-state index contributed by atoms with van der Waals surface area (Å²) in [5.74, 6) is 6.10. The van der Waals surface area contributed by atoms with Gasteiger partial charge in [-0.2, -0.15) is 0 Å². The second-order valence-corrected chi connectivity index (χ2v) is 9.44. The van der Waals surface area contributed by atoms with Crippen LogP contribution in [-0.2, 0) is 16.1 Å². The molecule has 12 heteroatoms. The van der Waals surface area contributed by atoms with Crippen LogP contribution in [0.5, 0.6) is 0 Å². The summed E-state index contributed by atoms with van der Waals surface area (Å²) in [6.07, 6.45) is -2.00. The molecule has 4 N–H and O–H groups in total. The summed E-state index contributed by atoms with van der Waals surface area (Å²) in [7, 11) is 1.43. The quantitative estimate of drug-likeness (QED) is 0.193. The Morgan fingerprint density at radius 2 is 1.95 bits per heavy atom. The van der Waals surface area contributed by atoms with E-state index in [1.54, 1.807) is 6.20 Å². The molecule has 0 radical (unpaired) electrons. The number of anilines is 1. The van der Waals surface area contributed by atoms with Crippen LogP contribution in [0.1, 0.15) is 23.3 Å². The van der Waals surface area contributed by atoms with Gasteiger partial charge in [0.2, 0.25) is 5.82 Å². The largest absolute Gasteiger partial charge is 0.387 e. The Balaban J connectivity index is 1.55. The fraction of sp³-hybridized carbons (Fsp3) is 0.240. The molecule has 188 valence electrons. The molecule has 1 fully saturated rings. The predicted molar refractivity (Wildman–Crippen MR) is 142 cm³/mol. The summed E-state index contributed by atoms with van der Waals surface area (Å²) in [6, 6.07) is 13.3. The van der Waals surface area contributed by atoms with E-state index in [-0.39, 0.29) is 5.82 Å². The highest BCUT2D eigenvalue weighted by molar-refractivity contribution is 14.1. The van der Waals surface area contributed by atoms with Gasteiger partial charge >= 0.3 is 0 Å². The topological polar surface area (TPSA) is 147 Å². The van der Waals surface area contributed by atoms with E-state index in [0.29, 0.717) is 23.5 Å². The molecule has 37 heavy (non-hydrogen) atoms. The smallest absolute Gasteiger partial charge is 0.251 e. The first-order valence-electron chi connectivity index (χ1n) is 11.3. The molecule has 3 aromatic heterocycles. The van der Waals surface area contributed by atoms with Gasteiger partial charge in [-0.25, -0.2) is 15.0 Å². The van der Waals surface area contributed by atoms with Crippen molar-refractivity contribution in [2.45, 2.75) is 31.1 Å². The van der Waals surface area contributed by atoms with Crippen molar-refractivity contribution in [2.24, 2.45) is 0 Å². The number of carbonyl (C=O) groups excluding carboxylic acids is 1. The number of nitrogens with one attached hydrogen (secondary N) is 2. The monoisotopic (exact) mass is 611 g/mol. The maximum atomic E-state index is 12.1. The Kier molecular flexibility index (Phi) is 7.28. The number of rotatable bonds is 5. The molecule has 11 nitrogen and oxygen atoms in total. The zero-order valence-corrected chi connectivity index (χ0v) is 21.7. The van der Waals surface area contributed by atoms with Crippen molar-refractivity contribution in [1.29, 1.82) is 0 Å². The highest BCUT2D eigenvalue weighted by Crippen LogP contribution is 2.32. The van der Waals surface area contributed by atoms with Crippen LogP contribution < -0.4 is 10.6 Å². The lowest BCUT2D eigenvalue weighted by atomic mass is 10.1. The first-order valence-corrected chi connectivity index (χ1v) is 12.4. The van der Waals surface area contributed by atoms with E-state index in [4.69, 9.17) is 4.74 Å². The number of pyridine rings is 1. The maximum absolute atomic E-state index is 12.1. The summed E-state index contributed by atoms with van der Waals surface area (Å²) >= 11 is 2.22. The summed E-state index contributed by atoms with van der Waals surface area (Å²) in [5, 5.41) is 26.8. The van der Waals surface area contributed by atoms with Crippen LogP contribution in [0.4, 0.5) is 5.82 Å². The van der Waals surface area contributed by atoms with Gasteiger partial charge in [-0.1, -0.05) is 24.1 Å². The van der Waals surface area contributed by atoms with Crippen LogP contribution in [0.2, 0.25) is 0 Å². The molecular weight excluding hydrogens is 589 g/mol. The van der Waals surface area contributed by atoms with Gasteiger partial charge in [-0.15, -0.1) is 0 Å². The molecule has 1 saturated heterocycles. The van der Waals surface area contributed by atoms with Gasteiger partial charge in [0.15, 0.2) is 29.3 Å². The first kappa shape index (κ1) is 25.0. The van der Waals surface area contributed by atoms with Crippen LogP contribution >= 0.6 is 22.6 Å². The van der Waals surface area contributed by atoms with Gasteiger partial charge in [0, 0.05) is 22.4 Å². The van der Waals surface area contributed by atoms with Crippen LogP contribution in [0, 0.1) is 15.4 Å². The van der Waals surface area contributed by atoms with Crippen LogP contribution in [0.3, 0.4) is 0 Å². The number of aliphatic hydroxyl groups is 2. The number of aromatic nitrogens is 5. The highest BCUT2D eigenvalue weighted by Gasteiger charge is 2.47. The van der Waals surface area contributed by atoms with Gasteiger partial charge < -0.3 is 25.6 Å².